The molecule has 14 heavy (non-hydrogen) atoms. The van der Waals surface area contributed by atoms with Gasteiger partial charge in [-0.05, 0) is 17.6 Å². The van der Waals surface area contributed by atoms with E-state index in [0.29, 0.717) is 5.46 Å². The minimum absolute atomic E-state index is 0.274. The van der Waals surface area contributed by atoms with Gasteiger partial charge < -0.3 is 10.0 Å². The van der Waals surface area contributed by atoms with E-state index in [4.69, 9.17) is 10.0 Å². The highest BCUT2D eigenvalue weighted by Crippen LogP contribution is 2.00. The average molecular weight is 196 g/mol. The van der Waals surface area contributed by atoms with Crippen molar-refractivity contribution in [1.82, 2.24) is 0 Å². The van der Waals surface area contributed by atoms with E-state index >= 15 is 0 Å². The number of benzene rings is 1. The number of hydrogen-bond acceptors (Lipinski definition) is 5. The van der Waals surface area contributed by atoms with E-state index in [1.165, 1.54) is 31.4 Å². The van der Waals surface area contributed by atoms with Crippen LogP contribution in [0.5, 0.6) is 0 Å². The van der Waals surface area contributed by atoms with Crippen LogP contribution in [0, 0.1) is 0 Å². The summed E-state index contributed by atoms with van der Waals surface area (Å²) in [6, 6.07) is 5.65. The Bertz CT molecular complexity index is 308. The molecule has 0 aliphatic carbocycles. The molecule has 0 aromatic heterocycles. The zero-order valence-electron chi connectivity index (χ0n) is 7.51. The largest absolute Gasteiger partial charge is 0.488 e. The standard InChI is InChI=1S/C8H9BO5/c1-13-14-8(10)6-2-4-7(5-3-6)9(11)12/h2-5,11-12H,1H3. The van der Waals surface area contributed by atoms with Crippen molar-refractivity contribution in [3.8, 4) is 0 Å². The van der Waals surface area contributed by atoms with Crippen molar-refractivity contribution < 1.29 is 24.6 Å². The molecule has 0 fully saturated rings. The molecule has 5 nitrogen and oxygen atoms in total. The van der Waals surface area contributed by atoms with Gasteiger partial charge in [0.2, 0.25) is 0 Å². The molecule has 0 amide bonds. The summed E-state index contributed by atoms with van der Waals surface area (Å²) in [5.74, 6) is -0.633. The molecule has 0 spiro atoms. The van der Waals surface area contributed by atoms with Gasteiger partial charge in [-0.3, -0.25) is 4.89 Å². The highest BCUT2D eigenvalue weighted by molar-refractivity contribution is 6.58. The fourth-order valence-electron chi connectivity index (χ4n) is 0.915. The molecule has 1 aromatic rings. The van der Waals surface area contributed by atoms with Crippen LogP contribution in [-0.4, -0.2) is 30.2 Å². The van der Waals surface area contributed by atoms with Crippen LogP contribution in [0.15, 0.2) is 24.3 Å². The Labute approximate surface area is 81.0 Å². The second-order valence-corrected chi connectivity index (χ2v) is 2.53. The van der Waals surface area contributed by atoms with Crippen LogP contribution >= 0.6 is 0 Å². The Morgan fingerprint density at radius 2 is 1.86 bits per heavy atom. The van der Waals surface area contributed by atoms with Crippen LogP contribution in [0.4, 0.5) is 0 Å². The first-order chi connectivity index (χ1) is 6.65. The lowest BCUT2D eigenvalue weighted by atomic mass is 9.80. The van der Waals surface area contributed by atoms with Crippen LogP contribution in [0.3, 0.4) is 0 Å². The quantitative estimate of drug-likeness (QED) is 0.371. The third-order valence-electron chi connectivity index (χ3n) is 1.60. The molecule has 0 radical (unpaired) electrons. The first-order valence-corrected chi connectivity index (χ1v) is 3.86. The van der Waals surface area contributed by atoms with Crippen LogP contribution in [0.2, 0.25) is 0 Å². The smallest absolute Gasteiger partial charge is 0.423 e. The van der Waals surface area contributed by atoms with Gasteiger partial charge in [0.05, 0.1) is 12.7 Å². The molecular formula is C8H9BO5. The molecule has 0 bridgehead atoms. The van der Waals surface area contributed by atoms with Crippen molar-refractivity contribution in [2.75, 3.05) is 7.11 Å². The van der Waals surface area contributed by atoms with Gasteiger partial charge in [0.25, 0.3) is 0 Å². The number of carbonyl (C=O) groups excluding carboxylic acids is 1. The number of rotatable bonds is 3. The summed E-state index contributed by atoms with van der Waals surface area (Å²) < 4.78 is 0. The van der Waals surface area contributed by atoms with E-state index in [1.807, 2.05) is 0 Å². The normalized spacial score (nSPS) is 9.64. The Morgan fingerprint density at radius 3 is 2.29 bits per heavy atom. The second-order valence-electron chi connectivity index (χ2n) is 2.53. The van der Waals surface area contributed by atoms with Gasteiger partial charge in [0.1, 0.15) is 0 Å². The first-order valence-electron chi connectivity index (χ1n) is 3.86. The summed E-state index contributed by atoms with van der Waals surface area (Å²) in [6.07, 6.45) is 0. The van der Waals surface area contributed by atoms with Gasteiger partial charge >= 0.3 is 13.1 Å². The molecule has 0 atom stereocenters. The van der Waals surface area contributed by atoms with Crippen molar-refractivity contribution in [3.05, 3.63) is 29.8 Å². The van der Waals surface area contributed by atoms with Gasteiger partial charge in [0.15, 0.2) is 0 Å². The lowest BCUT2D eigenvalue weighted by Gasteiger charge is -2.01. The highest BCUT2D eigenvalue weighted by atomic mass is 17.2. The molecule has 2 N–H and O–H groups in total. The number of hydrogen-bond donors (Lipinski definition) is 2. The highest BCUT2D eigenvalue weighted by Gasteiger charge is 2.12. The SMILES string of the molecule is COOC(=O)c1ccc(B(O)O)cc1. The van der Waals surface area contributed by atoms with Gasteiger partial charge in [-0.2, -0.15) is 4.89 Å². The fourth-order valence-corrected chi connectivity index (χ4v) is 0.915. The van der Waals surface area contributed by atoms with Crippen molar-refractivity contribution >= 4 is 18.6 Å². The Morgan fingerprint density at radius 1 is 1.29 bits per heavy atom. The fraction of sp³-hybridized carbons (Fsp3) is 0.125. The predicted molar refractivity (Wildman–Crippen MR) is 48.7 cm³/mol. The molecule has 74 valence electrons. The molecule has 1 aromatic carbocycles. The number of carbonyl (C=O) groups is 1. The van der Waals surface area contributed by atoms with Crippen molar-refractivity contribution in [1.29, 1.82) is 0 Å². The molecule has 0 unspecified atom stereocenters. The summed E-state index contributed by atoms with van der Waals surface area (Å²) in [4.78, 5) is 19.5. The Kier molecular flexibility index (Phi) is 3.64. The van der Waals surface area contributed by atoms with Crippen molar-refractivity contribution in [2.24, 2.45) is 0 Å². The zero-order chi connectivity index (χ0) is 10.6. The molecular weight excluding hydrogens is 187 g/mol. The van der Waals surface area contributed by atoms with Crippen LogP contribution in [0.1, 0.15) is 10.4 Å². The monoisotopic (exact) mass is 196 g/mol. The summed E-state index contributed by atoms with van der Waals surface area (Å²) >= 11 is 0. The van der Waals surface area contributed by atoms with Gasteiger partial charge in [-0.1, -0.05) is 12.1 Å². The first kappa shape index (κ1) is 10.7. The molecule has 0 aliphatic rings. The van der Waals surface area contributed by atoms with Crippen molar-refractivity contribution in [3.63, 3.8) is 0 Å². The lowest BCUT2D eigenvalue weighted by Crippen LogP contribution is -2.29. The third-order valence-corrected chi connectivity index (χ3v) is 1.60. The van der Waals surface area contributed by atoms with Crippen LogP contribution in [-0.2, 0) is 9.78 Å². The summed E-state index contributed by atoms with van der Waals surface area (Å²) in [5.41, 5.74) is 0.579. The Balaban J connectivity index is 2.78. The molecule has 1 rings (SSSR count). The predicted octanol–water partition coefficient (Wildman–Crippen LogP) is -0.915. The van der Waals surface area contributed by atoms with E-state index in [-0.39, 0.29) is 5.56 Å². The third kappa shape index (κ3) is 2.56. The Hall–Kier alpha value is -1.37. The zero-order valence-corrected chi connectivity index (χ0v) is 7.51. The average Bonchev–Trinajstić information content (AvgIpc) is 2.18. The van der Waals surface area contributed by atoms with E-state index in [1.54, 1.807) is 0 Å². The van der Waals surface area contributed by atoms with Crippen molar-refractivity contribution in [2.45, 2.75) is 0 Å². The maximum absolute atomic E-state index is 11.1. The minimum atomic E-state index is -1.54. The van der Waals surface area contributed by atoms with Crippen LogP contribution in [0.25, 0.3) is 0 Å². The van der Waals surface area contributed by atoms with Gasteiger partial charge in [-0.15, -0.1) is 0 Å². The molecule has 0 saturated carbocycles. The van der Waals surface area contributed by atoms with E-state index in [2.05, 4.69) is 9.78 Å². The molecule has 0 heterocycles. The summed E-state index contributed by atoms with van der Waals surface area (Å²) in [7, 11) is -0.313. The summed E-state index contributed by atoms with van der Waals surface area (Å²) in [6.45, 7) is 0. The van der Waals surface area contributed by atoms with E-state index in [9.17, 15) is 4.79 Å². The second kappa shape index (κ2) is 4.76. The molecule has 6 heteroatoms. The lowest BCUT2D eigenvalue weighted by molar-refractivity contribution is -0.216. The maximum Gasteiger partial charge on any atom is 0.488 e. The maximum atomic E-state index is 11.1. The summed E-state index contributed by atoms with van der Waals surface area (Å²) in [5, 5.41) is 17.5. The van der Waals surface area contributed by atoms with Gasteiger partial charge in [0, 0.05) is 0 Å². The van der Waals surface area contributed by atoms with Gasteiger partial charge in [-0.25, -0.2) is 4.79 Å². The van der Waals surface area contributed by atoms with Crippen LogP contribution < -0.4 is 5.46 Å². The molecule has 0 aliphatic heterocycles. The van der Waals surface area contributed by atoms with E-state index < -0.39 is 13.1 Å². The molecule has 0 saturated heterocycles. The topological polar surface area (TPSA) is 76.0 Å². The minimum Gasteiger partial charge on any atom is -0.423 e. The van der Waals surface area contributed by atoms with E-state index in [0.717, 1.165) is 0 Å².